The van der Waals surface area contributed by atoms with Crippen molar-refractivity contribution in [3.63, 3.8) is 0 Å². The van der Waals surface area contributed by atoms with E-state index in [1.54, 1.807) is 32.9 Å². The third-order valence-corrected chi connectivity index (χ3v) is 6.17. The average molecular weight is 537 g/mol. The fraction of sp³-hybridized carbons (Fsp3) is 0.577. The maximum absolute atomic E-state index is 13.3. The zero-order valence-electron chi connectivity index (χ0n) is 22.3. The summed E-state index contributed by atoms with van der Waals surface area (Å²) >= 11 is 0. The SMILES string of the molecule is CCC(C)C(N)C(=O)NC(Cc1ccc(O)cc1)C(=O)NC(CCC(=O)O)C(=O)NC(CC(C)C)C(=O)O. The minimum Gasteiger partial charge on any atom is -0.508 e. The second-order valence-corrected chi connectivity index (χ2v) is 9.87. The molecule has 0 saturated carbocycles. The molecule has 0 aliphatic carbocycles. The molecule has 5 atom stereocenters. The quantitative estimate of drug-likeness (QED) is 0.159. The van der Waals surface area contributed by atoms with Crippen LogP contribution in [0.25, 0.3) is 0 Å². The normalized spacial score (nSPS) is 15.0. The van der Waals surface area contributed by atoms with E-state index in [-0.39, 0.29) is 36.8 Å². The van der Waals surface area contributed by atoms with Gasteiger partial charge in [0.2, 0.25) is 17.7 Å². The number of phenolic OH excluding ortho intramolecular Hbond substituents is 1. The Morgan fingerprint density at radius 3 is 1.87 bits per heavy atom. The maximum Gasteiger partial charge on any atom is 0.326 e. The molecule has 0 aromatic heterocycles. The first kappa shape index (κ1) is 32.4. The Balaban J connectivity index is 3.19. The van der Waals surface area contributed by atoms with Crippen molar-refractivity contribution in [3.05, 3.63) is 29.8 Å². The third-order valence-electron chi connectivity index (χ3n) is 6.17. The van der Waals surface area contributed by atoms with Gasteiger partial charge in [0, 0.05) is 12.8 Å². The number of amides is 3. The van der Waals surface area contributed by atoms with Crippen LogP contribution in [0.3, 0.4) is 0 Å². The Labute approximate surface area is 222 Å². The number of carboxylic acid groups (broad SMARTS) is 2. The van der Waals surface area contributed by atoms with Gasteiger partial charge in [0.25, 0.3) is 0 Å². The van der Waals surface area contributed by atoms with E-state index in [0.717, 1.165) is 0 Å². The zero-order chi connectivity index (χ0) is 29.0. The molecule has 0 spiro atoms. The molecule has 1 rings (SSSR count). The number of carbonyl (C=O) groups is 5. The number of rotatable bonds is 16. The van der Waals surface area contributed by atoms with Gasteiger partial charge in [0.05, 0.1) is 6.04 Å². The van der Waals surface area contributed by atoms with Crippen LogP contribution in [-0.4, -0.2) is 69.1 Å². The molecule has 0 radical (unpaired) electrons. The molecule has 1 aromatic rings. The lowest BCUT2D eigenvalue weighted by Gasteiger charge is -2.26. The van der Waals surface area contributed by atoms with E-state index >= 15 is 0 Å². The molecule has 0 bridgehead atoms. The lowest BCUT2D eigenvalue weighted by Crippen LogP contribution is -2.58. The number of carbonyl (C=O) groups excluding carboxylic acids is 3. The lowest BCUT2D eigenvalue weighted by molar-refractivity contribution is -0.143. The Morgan fingerprint density at radius 2 is 1.37 bits per heavy atom. The van der Waals surface area contributed by atoms with Crippen LogP contribution in [0.1, 0.15) is 58.9 Å². The van der Waals surface area contributed by atoms with Gasteiger partial charge in [-0.15, -0.1) is 0 Å². The molecule has 212 valence electrons. The van der Waals surface area contributed by atoms with E-state index in [9.17, 15) is 34.2 Å². The van der Waals surface area contributed by atoms with E-state index in [0.29, 0.717) is 12.0 Å². The second-order valence-electron chi connectivity index (χ2n) is 9.87. The summed E-state index contributed by atoms with van der Waals surface area (Å²) in [5.74, 6) is -4.87. The van der Waals surface area contributed by atoms with Gasteiger partial charge >= 0.3 is 11.9 Å². The van der Waals surface area contributed by atoms with E-state index in [1.165, 1.54) is 12.1 Å². The number of benzene rings is 1. The van der Waals surface area contributed by atoms with Gasteiger partial charge in [-0.3, -0.25) is 19.2 Å². The number of hydrogen-bond acceptors (Lipinski definition) is 7. The molecular weight excluding hydrogens is 496 g/mol. The molecule has 12 heteroatoms. The minimum atomic E-state index is -1.37. The summed E-state index contributed by atoms with van der Waals surface area (Å²) in [6.45, 7) is 7.23. The zero-order valence-corrected chi connectivity index (χ0v) is 22.3. The molecule has 0 heterocycles. The first-order valence-corrected chi connectivity index (χ1v) is 12.6. The number of aromatic hydroxyl groups is 1. The molecule has 0 aliphatic rings. The van der Waals surface area contributed by atoms with E-state index in [4.69, 9.17) is 10.8 Å². The first-order valence-electron chi connectivity index (χ1n) is 12.6. The van der Waals surface area contributed by atoms with Crippen LogP contribution in [0.4, 0.5) is 0 Å². The van der Waals surface area contributed by atoms with Crippen LogP contribution < -0.4 is 21.7 Å². The Kier molecular flexibility index (Phi) is 13.2. The molecule has 1 aromatic carbocycles. The number of carboxylic acids is 2. The van der Waals surface area contributed by atoms with Crippen molar-refractivity contribution >= 4 is 29.7 Å². The molecule has 8 N–H and O–H groups in total. The number of aliphatic carboxylic acids is 2. The van der Waals surface area contributed by atoms with Crippen molar-refractivity contribution in [2.24, 2.45) is 17.6 Å². The standard InChI is InChI=1S/C26H40N4O8/c1-5-15(4)22(27)25(36)29-19(13-16-6-8-17(31)9-7-16)24(35)28-18(10-11-21(32)33)23(34)30-20(26(37)38)12-14(2)3/h6-9,14-15,18-20,22,31H,5,10-13,27H2,1-4H3,(H,28,35)(H,29,36)(H,30,34)(H,32,33)(H,37,38). The van der Waals surface area contributed by atoms with Crippen LogP contribution in [0.2, 0.25) is 0 Å². The van der Waals surface area contributed by atoms with Crippen molar-refractivity contribution in [1.29, 1.82) is 0 Å². The molecule has 0 fully saturated rings. The van der Waals surface area contributed by atoms with Crippen LogP contribution >= 0.6 is 0 Å². The van der Waals surface area contributed by atoms with Crippen molar-refractivity contribution < 1.29 is 39.3 Å². The second kappa shape index (κ2) is 15.6. The monoisotopic (exact) mass is 536 g/mol. The largest absolute Gasteiger partial charge is 0.508 e. The van der Waals surface area contributed by atoms with Crippen LogP contribution in [0.15, 0.2) is 24.3 Å². The van der Waals surface area contributed by atoms with Crippen LogP contribution in [0, 0.1) is 11.8 Å². The van der Waals surface area contributed by atoms with E-state index < -0.39 is 60.2 Å². The summed E-state index contributed by atoms with van der Waals surface area (Å²) < 4.78 is 0. The van der Waals surface area contributed by atoms with Gasteiger partial charge in [-0.05, 0) is 42.4 Å². The number of nitrogens with one attached hydrogen (secondary N) is 3. The van der Waals surface area contributed by atoms with E-state index in [1.807, 2.05) is 6.92 Å². The fourth-order valence-electron chi connectivity index (χ4n) is 3.63. The highest BCUT2D eigenvalue weighted by Crippen LogP contribution is 2.13. The lowest BCUT2D eigenvalue weighted by atomic mass is 9.98. The highest BCUT2D eigenvalue weighted by molar-refractivity contribution is 5.94. The Hall–Kier alpha value is -3.67. The molecule has 5 unspecified atom stereocenters. The fourth-order valence-corrected chi connectivity index (χ4v) is 3.63. The molecule has 12 nitrogen and oxygen atoms in total. The highest BCUT2D eigenvalue weighted by Gasteiger charge is 2.31. The minimum absolute atomic E-state index is 0.0105. The van der Waals surface area contributed by atoms with Crippen LogP contribution in [-0.2, 0) is 30.4 Å². The highest BCUT2D eigenvalue weighted by atomic mass is 16.4. The number of hydrogen-bond donors (Lipinski definition) is 7. The number of nitrogens with two attached hydrogens (primary N) is 1. The summed E-state index contributed by atoms with van der Waals surface area (Å²) in [4.78, 5) is 61.8. The Bertz CT molecular complexity index is 966. The smallest absolute Gasteiger partial charge is 0.326 e. The van der Waals surface area contributed by atoms with Gasteiger partial charge in [0.1, 0.15) is 23.9 Å². The van der Waals surface area contributed by atoms with Gasteiger partial charge in [-0.1, -0.05) is 46.2 Å². The topological polar surface area (TPSA) is 208 Å². The van der Waals surface area contributed by atoms with Gasteiger partial charge in [-0.25, -0.2) is 4.79 Å². The van der Waals surface area contributed by atoms with Crippen molar-refractivity contribution in [3.8, 4) is 5.75 Å². The van der Waals surface area contributed by atoms with Gasteiger partial charge < -0.3 is 37.0 Å². The molecule has 0 saturated heterocycles. The predicted octanol–water partition coefficient (Wildman–Crippen LogP) is 0.758. The van der Waals surface area contributed by atoms with E-state index in [2.05, 4.69) is 16.0 Å². The van der Waals surface area contributed by atoms with Crippen molar-refractivity contribution in [2.75, 3.05) is 0 Å². The molecule has 0 aliphatic heterocycles. The predicted molar refractivity (Wildman–Crippen MR) is 139 cm³/mol. The van der Waals surface area contributed by atoms with Crippen molar-refractivity contribution in [1.82, 2.24) is 16.0 Å². The molecule has 38 heavy (non-hydrogen) atoms. The van der Waals surface area contributed by atoms with Gasteiger partial charge in [0.15, 0.2) is 0 Å². The summed E-state index contributed by atoms with van der Waals surface area (Å²) in [6.07, 6.45) is -0.0134. The van der Waals surface area contributed by atoms with Crippen molar-refractivity contribution in [2.45, 2.75) is 84.0 Å². The number of phenols is 1. The molecular formula is C26H40N4O8. The average Bonchev–Trinajstić information content (AvgIpc) is 2.85. The molecule has 3 amide bonds. The summed E-state index contributed by atoms with van der Waals surface area (Å²) in [5, 5.41) is 35.6. The maximum atomic E-state index is 13.3. The first-order chi connectivity index (χ1) is 17.7. The van der Waals surface area contributed by atoms with Gasteiger partial charge in [-0.2, -0.15) is 0 Å². The Morgan fingerprint density at radius 1 is 0.842 bits per heavy atom. The summed E-state index contributed by atoms with van der Waals surface area (Å²) in [5.41, 5.74) is 6.62. The van der Waals surface area contributed by atoms with Crippen LogP contribution in [0.5, 0.6) is 5.75 Å². The third kappa shape index (κ3) is 11.2. The summed E-state index contributed by atoms with van der Waals surface area (Å²) in [6, 6.07) is 1.29. The summed E-state index contributed by atoms with van der Waals surface area (Å²) in [7, 11) is 0.